The van der Waals surface area contributed by atoms with Gasteiger partial charge < -0.3 is 10.4 Å². The van der Waals surface area contributed by atoms with Crippen molar-refractivity contribution in [2.75, 3.05) is 13.1 Å². The minimum absolute atomic E-state index is 0.320. The van der Waals surface area contributed by atoms with E-state index in [1.165, 1.54) is 5.56 Å². The standard InChI is InChI=1S/C20H23N3O/c1-14(2)15-4-6-16(7-5-15)20(24,19(3)12-22-13-19)17-8-9-23-18(10-17)11-21/h4-10,14,22,24H,12-13H2,1-3H3. The second-order valence-corrected chi connectivity index (χ2v) is 7.19. The second-order valence-electron chi connectivity index (χ2n) is 7.19. The number of aliphatic hydroxyl groups is 1. The zero-order valence-electron chi connectivity index (χ0n) is 14.4. The molecule has 1 aliphatic rings. The fourth-order valence-corrected chi connectivity index (χ4v) is 3.45. The SMILES string of the molecule is CC(C)c1ccc(C(O)(c2ccnc(C#N)c2)C2(C)CNC2)cc1. The average molecular weight is 321 g/mol. The molecule has 0 aliphatic carbocycles. The Morgan fingerprint density at radius 1 is 1.21 bits per heavy atom. The first-order valence-corrected chi connectivity index (χ1v) is 8.31. The third kappa shape index (κ3) is 2.50. The molecule has 1 unspecified atom stereocenters. The molecule has 24 heavy (non-hydrogen) atoms. The van der Waals surface area contributed by atoms with Crippen molar-refractivity contribution < 1.29 is 5.11 Å². The van der Waals surface area contributed by atoms with Crippen molar-refractivity contribution in [3.05, 3.63) is 65.0 Å². The number of aromatic nitrogens is 1. The summed E-state index contributed by atoms with van der Waals surface area (Å²) < 4.78 is 0. The topological polar surface area (TPSA) is 68.9 Å². The summed E-state index contributed by atoms with van der Waals surface area (Å²) in [5.41, 5.74) is 1.63. The highest BCUT2D eigenvalue weighted by molar-refractivity contribution is 5.43. The molecule has 1 aromatic carbocycles. The molecule has 3 rings (SSSR count). The van der Waals surface area contributed by atoms with Gasteiger partial charge >= 0.3 is 0 Å². The molecule has 4 nitrogen and oxygen atoms in total. The Hall–Kier alpha value is -2.22. The summed E-state index contributed by atoms with van der Waals surface area (Å²) in [5, 5.41) is 24.2. The summed E-state index contributed by atoms with van der Waals surface area (Å²) in [6.45, 7) is 7.83. The number of hydrogen-bond acceptors (Lipinski definition) is 4. The van der Waals surface area contributed by atoms with Crippen LogP contribution in [0.1, 0.15) is 49.1 Å². The van der Waals surface area contributed by atoms with Gasteiger partial charge in [-0.3, -0.25) is 0 Å². The van der Waals surface area contributed by atoms with Crippen LogP contribution >= 0.6 is 0 Å². The van der Waals surface area contributed by atoms with Crippen molar-refractivity contribution >= 4 is 0 Å². The first-order chi connectivity index (χ1) is 11.4. The van der Waals surface area contributed by atoms with E-state index in [4.69, 9.17) is 5.26 Å². The Kier molecular flexibility index (Phi) is 4.16. The quantitative estimate of drug-likeness (QED) is 0.908. The van der Waals surface area contributed by atoms with Crippen LogP contribution in [0.3, 0.4) is 0 Å². The highest BCUT2D eigenvalue weighted by Gasteiger charge is 2.53. The zero-order valence-corrected chi connectivity index (χ0v) is 14.4. The largest absolute Gasteiger partial charge is 0.380 e. The summed E-state index contributed by atoms with van der Waals surface area (Å²) in [7, 11) is 0. The van der Waals surface area contributed by atoms with Crippen LogP contribution in [0.2, 0.25) is 0 Å². The normalized spacial score (nSPS) is 18.5. The molecular weight excluding hydrogens is 298 g/mol. The van der Waals surface area contributed by atoms with Crippen LogP contribution in [0.5, 0.6) is 0 Å². The molecular formula is C20H23N3O. The Labute approximate surface area is 143 Å². The molecule has 1 aliphatic heterocycles. The molecule has 0 spiro atoms. The third-order valence-corrected chi connectivity index (χ3v) is 5.19. The lowest BCUT2D eigenvalue weighted by molar-refractivity contribution is -0.0768. The molecule has 1 saturated heterocycles. The highest BCUT2D eigenvalue weighted by atomic mass is 16.3. The lowest BCUT2D eigenvalue weighted by atomic mass is 9.62. The molecule has 0 saturated carbocycles. The summed E-state index contributed by atoms with van der Waals surface area (Å²) in [4.78, 5) is 4.04. The molecule has 2 aromatic rings. The van der Waals surface area contributed by atoms with Gasteiger partial charge in [-0.25, -0.2) is 4.98 Å². The van der Waals surface area contributed by atoms with Crippen molar-refractivity contribution in [3.8, 4) is 6.07 Å². The van der Waals surface area contributed by atoms with Crippen LogP contribution in [-0.2, 0) is 5.60 Å². The van der Waals surface area contributed by atoms with Gasteiger partial charge in [0.25, 0.3) is 0 Å². The van der Waals surface area contributed by atoms with Gasteiger partial charge in [-0.15, -0.1) is 0 Å². The number of hydrogen-bond donors (Lipinski definition) is 2. The van der Waals surface area contributed by atoms with E-state index in [1.54, 1.807) is 18.3 Å². The smallest absolute Gasteiger partial charge is 0.140 e. The van der Waals surface area contributed by atoms with Crippen molar-refractivity contribution in [1.82, 2.24) is 10.3 Å². The number of pyridine rings is 1. The predicted molar refractivity (Wildman–Crippen MR) is 93.5 cm³/mol. The molecule has 1 fully saturated rings. The van der Waals surface area contributed by atoms with Gasteiger partial charge in [-0.2, -0.15) is 5.26 Å². The second kappa shape index (κ2) is 6.01. The van der Waals surface area contributed by atoms with E-state index in [1.807, 2.05) is 12.1 Å². The molecule has 4 heteroatoms. The Morgan fingerprint density at radius 2 is 1.88 bits per heavy atom. The van der Waals surface area contributed by atoms with Crippen molar-refractivity contribution in [3.63, 3.8) is 0 Å². The van der Waals surface area contributed by atoms with Gasteiger partial charge in [-0.1, -0.05) is 45.0 Å². The molecule has 0 radical (unpaired) electrons. The Bertz CT molecular complexity index is 772. The summed E-state index contributed by atoms with van der Waals surface area (Å²) in [6.07, 6.45) is 1.59. The molecule has 1 aromatic heterocycles. The minimum Gasteiger partial charge on any atom is -0.380 e. The fourth-order valence-electron chi connectivity index (χ4n) is 3.45. The van der Waals surface area contributed by atoms with Gasteiger partial charge in [-0.05, 0) is 34.7 Å². The predicted octanol–water partition coefficient (Wildman–Crippen LogP) is 2.92. The summed E-state index contributed by atoms with van der Waals surface area (Å²) >= 11 is 0. The van der Waals surface area contributed by atoms with Gasteiger partial charge in [0.15, 0.2) is 0 Å². The van der Waals surface area contributed by atoms with Crippen molar-refractivity contribution in [2.45, 2.75) is 32.3 Å². The van der Waals surface area contributed by atoms with Gasteiger partial charge in [0, 0.05) is 24.7 Å². The van der Waals surface area contributed by atoms with Crippen LogP contribution in [-0.4, -0.2) is 23.2 Å². The van der Waals surface area contributed by atoms with E-state index < -0.39 is 5.60 Å². The number of rotatable bonds is 4. The van der Waals surface area contributed by atoms with Crippen LogP contribution < -0.4 is 5.32 Å². The maximum atomic E-state index is 11.8. The number of nitriles is 1. The molecule has 124 valence electrons. The molecule has 2 heterocycles. The number of nitrogens with zero attached hydrogens (tertiary/aromatic N) is 2. The lowest BCUT2D eigenvalue weighted by Gasteiger charge is -2.52. The Balaban J connectivity index is 2.14. The minimum atomic E-state index is -1.16. The van der Waals surface area contributed by atoms with Crippen molar-refractivity contribution in [1.29, 1.82) is 5.26 Å². The first kappa shape index (κ1) is 16.6. The fraction of sp³-hybridized carbons (Fsp3) is 0.400. The van der Waals surface area contributed by atoms with Crippen LogP contribution in [0.4, 0.5) is 0 Å². The molecule has 0 bridgehead atoms. The van der Waals surface area contributed by atoms with E-state index in [9.17, 15) is 5.11 Å². The number of benzene rings is 1. The van der Waals surface area contributed by atoms with Crippen LogP contribution in [0, 0.1) is 16.7 Å². The van der Waals surface area contributed by atoms with E-state index >= 15 is 0 Å². The Morgan fingerprint density at radius 3 is 2.38 bits per heavy atom. The third-order valence-electron chi connectivity index (χ3n) is 5.19. The number of nitrogens with one attached hydrogen (secondary N) is 1. The van der Waals surface area contributed by atoms with E-state index in [0.29, 0.717) is 11.6 Å². The summed E-state index contributed by atoms with van der Waals surface area (Å²) in [5.74, 6) is 0.444. The van der Waals surface area contributed by atoms with E-state index in [2.05, 4.69) is 49.3 Å². The maximum absolute atomic E-state index is 11.8. The highest BCUT2D eigenvalue weighted by Crippen LogP contribution is 2.47. The van der Waals surface area contributed by atoms with E-state index in [0.717, 1.165) is 24.2 Å². The van der Waals surface area contributed by atoms with Crippen molar-refractivity contribution in [2.24, 2.45) is 5.41 Å². The molecule has 1 atom stereocenters. The van der Waals surface area contributed by atoms with Gasteiger partial charge in [0.05, 0.1) is 0 Å². The lowest BCUT2D eigenvalue weighted by Crippen LogP contribution is -2.63. The maximum Gasteiger partial charge on any atom is 0.140 e. The molecule has 2 N–H and O–H groups in total. The van der Waals surface area contributed by atoms with Crippen LogP contribution in [0.15, 0.2) is 42.6 Å². The van der Waals surface area contributed by atoms with E-state index in [-0.39, 0.29) is 5.41 Å². The van der Waals surface area contributed by atoms with Gasteiger partial charge in [0.2, 0.25) is 0 Å². The molecule has 0 amide bonds. The average Bonchev–Trinajstić information content (AvgIpc) is 2.59. The first-order valence-electron chi connectivity index (χ1n) is 8.31. The summed E-state index contributed by atoms with van der Waals surface area (Å²) in [6, 6.07) is 13.7. The van der Waals surface area contributed by atoms with Crippen LogP contribution in [0.25, 0.3) is 0 Å². The monoisotopic (exact) mass is 321 g/mol. The zero-order chi connectivity index (χ0) is 17.4. The van der Waals surface area contributed by atoms with Gasteiger partial charge in [0.1, 0.15) is 17.4 Å².